The van der Waals surface area contributed by atoms with Gasteiger partial charge in [-0.25, -0.2) is 0 Å². The van der Waals surface area contributed by atoms with Crippen LogP contribution in [-0.4, -0.2) is 12.3 Å². The summed E-state index contributed by atoms with van der Waals surface area (Å²) in [4.78, 5) is 12.5. The van der Waals surface area contributed by atoms with Crippen molar-refractivity contribution in [3.05, 3.63) is 35.4 Å². The molecule has 2 rings (SSSR count). The van der Waals surface area contributed by atoms with Crippen LogP contribution in [0.2, 0.25) is 0 Å². The van der Waals surface area contributed by atoms with E-state index in [9.17, 15) is 18.0 Å². The highest BCUT2D eigenvalue weighted by Crippen LogP contribution is 2.37. The molecule has 21 heavy (non-hydrogen) atoms. The number of alkyl halides is 3. The average Bonchev–Trinajstić information content (AvgIpc) is 2.47. The Labute approximate surface area is 122 Å². The van der Waals surface area contributed by atoms with E-state index in [1.54, 1.807) is 6.07 Å². The molecule has 1 fully saturated rings. The predicted octanol–water partition coefficient (Wildman–Crippen LogP) is 3.73. The number of hydrogen-bond acceptors (Lipinski definition) is 2. The lowest BCUT2D eigenvalue weighted by Gasteiger charge is -2.34. The van der Waals surface area contributed by atoms with Gasteiger partial charge in [-0.1, -0.05) is 37.5 Å². The molecule has 0 radical (unpaired) electrons. The van der Waals surface area contributed by atoms with E-state index in [1.807, 2.05) is 0 Å². The maximum Gasteiger partial charge on any atom is 0.416 e. The van der Waals surface area contributed by atoms with E-state index in [4.69, 9.17) is 5.73 Å². The Morgan fingerprint density at radius 2 is 1.86 bits per heavy atom. The SMILES string of the molecule is NCC1(C(=O)Cc2cccc(C(F)(F)F)c2)CCCCC1. The van der Waals surface area contributed by atoms with Crippen molar-refractivity contribution in [2.45, 2.75) is 44.7 Å². The third-order valence-corrected chi connectivity index (χ3v) is 4.41. The molecule has 2 N–H and O–H groups in total. The van der Waals surface area contributed by atoms with Crippen LogP contribution in [0.1, 0.15) is 43.2 Å². The summed E-state index contributed by atoms with van der Waals surface area (Å²) in [6, 6.07) is 5.00. The minimum atomic E-state index is -4.38. The predicted molar refractivity (Wildman–Crippen MR) is 74.7 cm³/mol. The summed E-state index contributed by atoms with van der Waals surface area (Å²) in [5.41, 5.74) is 4.96. The molecule has 1 saturated carbocycles. The first kappa shape index (κ1) is 16.0. The molecule has 0 aromatic heterocycles. The van der Waals surface area contributed by atoms with E-state index in [0.717, 1.165) is 44.2 Å². The van der Waals surface area contributed by atoms with Gasteiger partial charge in [0.25, 0.3) is 0 Å². The number of nitrogens with two attached hydrogens (primary N) is 1. The first-order valence-electron chi connectivity index (χ1n) is 7.27. The third kappa shape index (κ3) is 3.64. The molecule has 0 saturated heterocycles. The number of ketones is 1. The van der Waals surface area contributed by atoms with Crippen LogP contribution in [0, 0.1) is 5.41 Å². The largest absolute Gasteiger partial charge is 0.416 e. The molecule has 1 aromatic carbocycles. The Morgan fingerprint density at radius 1 is 1.19 bits per heavy atom. The topological polar surface area (TPSA) is 43.1 Å². The summed E-state index contributed by atoms with van der Waals surface area (Å²) >= 11 is 0. The van der Waals surface area contributed by atoms with Crippen molar-refractivity contribution in [1.29, 1.82) is 0 Å². The Balaban J connectivity index is 2.15. The highest BCUT2D eigenvalue weighted by atomic mass is 19.4. The van der Waals surface area contributed by atoms with Crippen molar-refractivity contribution in [1.82, 2.24) is 0 Å². The highest BCUT2D eigenvalue weighted by Gasteiger charge is 2.38. The lowest BCUT2D eigenvalue weighted by molar-refractivity contribution is -0.137. The second-order valence-electron chi connectivity index (χ2n) is 5.84. The summed E-state index contributed by atoms with van der Waals surface area (Å²) in [5, 5.41) is 0. The molecule has 1 aliphatic carbocycles. The second-order valence-corrected chi connectivity index (χ2v) is 5.84. The van der Waals surface area contributed by atoms with Gasteiger partial charge in [0.05, 0.1) is 5.56 Å². The number of carbonyl (C=O) groups is 1. The molecule has 0 bridgehead atoms. The number of Topliss-reactive ketones (excluding diaryl/α,β-unsaturated/α-hetero) is 1. The molecule has 0 unspecified atom stereocenters. The van der Waals surface area contributed by atoms with E-state index >= 15 is 0 Å². The Bertz CT molecular complexity index is 504. The molecule has 116 valence electrons. The van der Waals surface area contributed by atoms with Gasteiger partial charge in [0.2, 0.25) is 0 Å². The Hall–Kier alpha value is -1.36. The molecule has 0 atom stereocenters. The van der Waals surface area contributed by atoms with E-state index in [1.165, 1.54) is 6.07 Å². The fourth-order valence-electron chi connectivity index (χ4n) is 3.06. The van der Waals surface area contributed by atoms with Crippen LogP contribution >= 0.6 is 0 Å². The lowest BCUT2D eigenvalue weighted by Crippen LogP contribution is -2.41. The lowest BCUT2D eigenvalue weighted by atomic mass is 9.70. The first-order valence-corrected chi connectivity index (χ1v) is 7.27. The van der Waals surface area contributed by atoms with Gasteiger partial charge in [0.15, 0.2) is 0 Å². The van der Waals surface area contributed by atoms with Gasteiger partial charge in [-0.3, -0.25) is 4.79 Å². The number of carbonyl (C=O) groups excluding carboxylic acids is 1. The normalized spacial score (nSPS) is 18.5. The molecule has 0 amide bonds. The molecule has 5 heteroatoms. The summed E-state index contributed by atoms with van der Waals surface area (Å²) < 4.78 is 38.1. The molecule has 1 aliphatic rings. The van der Waals surface area contributed by atoms with Crippen LogP contribution in [0.25, 0.3) is 0 Å². The average molecular weight is 299 g/mol. The van der Waals surface area contributed by atoms with Gasteiger partial charge in [-0.05, 0) is 24.5 Å². The van der Waals surface area contributed by atoms with Crippen molar-refractivity contribution >= 4 is 5.78 Å². The van der Waals surface area contributed by atoms with Gasteiger partial charge in [0.1, 0.15) is 5.78 Å². The van der Waals surface area contributed by atoms with Gasteiger partial charge in [-0.2, -0.15) is 13.2 Å². The zero-order valence-corrected chi connectivity index (χ0v) is 11.9. The number of hydrogen-bond donors (Lipinski definition) is 1. The minimum Gasteiger partial charge on any atom is -0.329 e. The summed E-state index contributed by atoms with van der Waals surface area (Å²) in [7, 11) is 0. The van der Waals surface area contributed by atoms with Crippen LogP contribution in [0.4, 0.5) is 13.2 Å². The highest BCUT2D eigenvalue weighted by molar-refractivity contribution is 5.87. The zero-order valence-electron chi connectivity index (χ0n) is 11.9. The molecular weight excluding hydrogens is 279 g/mol. The second kappa shape index (κ2) is 6.18. The van der Waals surface area contributed by atoms with E-state index in [2.05, 4.69) is 0 Å². The van der Waals surface area contributed by atoms with Gasteiger partial charge >= 0.3 is 6.18 Å². The van der Waals surface area contributed by atoms with Crippen LogP contribution in [-0.2, 0) is 17.4 Å². The summed E-state index contributed by atoms with van der Waals surface area (Å²) in [5.74, 6) is -0.0241. The van der Waals surface area contributed by atoms with Crippen LogP contribution in [0.5, 0.6) is 0 Å². The molecule has 2 nitrogen and oxygen atoms in total. The maximum atomic E-state index is 12.7. The van der Waals surface area contributed by atoms with Gasteiger partial charge < -0.3 is 5.73 Å². The number of benzene rings is 1. The minimum absolute atomic E-state index is 0.0241. The molecule has 0 aliphatic heterocycles. The summed E-state index contributed by atoms with van der Waals surface area (Å²) in [6.45, 7) is 0.283. The van der Waals surface area contributed by atoms with Gasteiger partial charge in [0, 0.05) is 18.4 Å². The standard InChI is InChI=1S/C16H20F3NO/c17-16(18,19)13-6-4-5-12(9-13)10-14(21)15(11-20)7-2-1-3-8-15/h4-6,9H,1-3,7-8,10-11,20H2. The van der Waals surface area contributed by atoms with Crippen molar-refractivity contribution in [3.63, 3.8) is 0 Å². The maximum absolute atomic E-state index is 12.7. The van der Waals surface area contributed by atoms with Gasteiger partial charge in [-0.15, -0.1) is 0 Å². The number of rotatable bonds is 4. The van der Waals surface area contributed by atoms with Crippen molar-refractivity contribution in [2.24, 2.45) is 11.1 Å². The summed E-state index contributed by atoms with van der Waals surface area (Å²) in [6.07, 6.45) is 0.175. The Morgan fingerprint density at radius 3 is 2.43 bits per heavy atom. The molecule has 0 spiro atoms. The molecular formula is C16H20F3NO. The van der Waals surface area contributed by atoms with E-state index in [0.29, 0.717) is 5.56 Å². The smallest absolute Gasteiger partial charge is 0.329 e. The van der Waals surface area contributed by atoms with Crippen LogP contribution < -0.4 is 5.73 Å². The Kier molecular flexibility index (Phi) is 4.71. The number of halogens is 3. The first-order chi connectivity index (χ1) is 9.87. The molecule has 0 heterocycles. The monoisotopic (exact) mass is 299 g/mol. The fourth-order valence-corrected chi connectivity index (χ4v) is 3.06. The van der Waals surface area contributed by atoms with Crippen molar-refractivity contribution in [2.75, 3.05) is 6.54 Å². The van der Waals surface area contributed by atoms with Crippen LogP contribution in [0.15, 0.2) is 24.3 Å². The van der Waals surface area contributed by atoms with Crippen LogP contribution in [0.3, 0.4) is 0 Å². The fraction of sp³-hybridized carbons (Fsp3) is 0.562. The van der Waals surface area contributed by atoms with Crippen molar-refractivity contribution in [3.8, 4) is 0 Å². The van der Waals surface area contributed by atoms with Crippen molar-refractivity contribution < 1.29 is 18.0 Å². The van der Waals surface area contributed by atoms with E-state index < -0.39 is 17.2 Å². The zero-order chi connectivity index (χ0) is 15.5. The van der Waals surface area contributed by atoms with E-state index in [-0.39, 0.29) is 18.7 Å². The third-order valence-electron chi connectivity index (χ3n) is 4.41. The quantitative estimate of drug-likeness (QED) is 0.920. The molecule has 1 aromatic rings.